The van der Waals surface area contributed by atoms with E-state index in [1.165, 1.54) is 10.9 Å². The number of aromatic nitrogens is 3. The second kappa shape index (κ2) is 7.14. The van der Waals surface area contributed by atoms with Crippen molar-refractivity contribution in [1.29, 1.82) is 0 Å². The van der Waals surface area contributed by atoms with Gasteiger partial charge in [0, 0.05) is 11.7 Å². The van der Waals surface area contributed by atoms with E-state index in [0.717, 1.165) is 18.6 Å². The molecule has 0 atom stereocenters. The van der Waals surface area contributed by atoms with Gasteiger partial charge in [0.1, 0.15) is 12.3 Å². The second-order valence-corrected chi connectivity index (χ2v) is 6.35. The van der Waals surface area contributed by atoms with Crippen LogP contribution in [0.3, 0.4) is 0 Å². The summed E-state index contributed by atoms with van der Waals surface area (Å²) >= 11 is 0. The number of furan rings is 1. The van der Waals surface area contributed by atoms with E-state index in [1.807, 2.05) is 6.92 Å². The van der Waals surface area contributed by atoms with Gasteiger partial charge in [-0.2, -0.15) is 0 Å². The van der Waals surface area contributed by atoms with Gasteiger partial charge < -0.3 is 14.5 Å². The molecule has 0 spiro atoms. The van der Waals surface area contributed by atoms with Gasteiger partial charge in [0.15, 0.2) is 5.76 Å². The number of ether oxygens (including phenoxy) is 1. The molecule has 2 heterocycles. The van der Waals surface area contributed by atoms with Crippen molar-refractivity contribution >= 4 is 11.6 Å². The molecule has 1 aromatic carbocycles. The minimum Gasteiger partial charge on any atom is -0.494 e. The van der Waals surface area contributed by atoms with Gasteiger partial charge in [0.05, 0.1) is 12.9 Å². The van der Waals surface area contributed by atoms with E-state index in [9.17, 15) is 9.59 Å². The van der Waals surface area contributed by atoms with Crippen LogP contribution >= 0.6 is 0 Å². The number of anilines is 1. The quantitative estimate of drug-likeness (QED) is 0.692. The fourth-order valence-corrected chi connectivity index (χ4v) is 2.90. The highest BCUT2D eigenvalue weighted by atomic mass is 16.5. The predicted octanol–water partition coefficient (Wildman–Crippen LogP) is 2.68. The monoisotopic (exact) mass is 368 g/mol. The Balaban J connectivity index is 1.51. The summed E-state index contributed by atoms with van der Waals surface area (Å²) in [5.74, 6) is 1.39. The Morgan fingerprint density at radius 3 is 2.70 bits per heavy atom. The average Bonchev–Trinajstić information content (AvgIpc) is 3.23. The summed E-state index contributed by atoms with van der Waals surface area (Å²) in [6.07, 6.45) is 3.39. The molecule has 1 fully saturated rings. The molecule has 1 amide bonds. The molecule has 4 rings (SSSR count). The van der Waals surface area contributed by atoms with Crippen molar-refractivity contribution in [2.75, 3.05) is 11.9 Å². The van der Waals surface area contributed by atoms with Crippen LogP contribution in [0.5, 0.6) is 5.75 Å². The number of hydrogen-bond acceptors (Lipinski definition) is 5. The van der Waals surface area contributed by atoms with Gasteiger partial charge in [-0.3, -0.25) is 9.36 Å². The Labute approximate surface area is 155 Å². The topological polar surface area (TPSA) is 91.3 Å². The molecule has 0 unspecified atom stereocenters. The zero-order chi connectivity index (χ0) is 18.8. The van der Waals surface area contributed by atoms with E-state index in [2.05, 4.69) is 10.4 Å². The minimum absolute atomic E-state index is 0.125. The minimum atomic E-state index is -0.326. The molecule has 8 heteroatoms. The first-order chi connectivity index (χ1) is 13.2. The van der Waals surface area contributed by atoms with Crippen LogP contribution in [-0.4, -0.2) is 26.9 Å². The Hall–Kier alpha value is -3.29. The van der Waals surface area contributed by atoms with Crippen molar-refractivity contribution in [3.8, 4) is 17.3 Å². The van der Waals surface area contributed by atoms with Gasteiger partial charge in [0.2, 0.25) is 11.7 Å². The maximum atomic E-state index is 12.7. The number of carbonyl (C=O) groups is 1. The fourth-order valence-electron chi connectivity index (χ4n) is 2.90. The Morgan fingerprint density at radius 1 is 1.30 bits per heavy atom. The Kier molecular flexibility index (Phi) is 4.53. The summed E-state index contributed by atoms with van der Waals surface area (Å²) < 4.78 is 13.6. The average molecular weight is 368 g/mol. The normalized spacial score (nSPS) is 13.5. The van der Waals surface area contributed by atoms with E-state index in [0.29, 0.717) is 23.9 Å². The highest BCUT2D eigenvalue weighted by Crippen LogP contribution is 2.36. The molecule has 3 aromatic rings. The summed E-state index contributed by atoms with van der Waals surface area (Å²) in [6, 6.07) is 10.7. The number of rotatable bonds is 7. The van der Waals surface area contributed by atoms with Crippen LogP contribution in [0, 0.1) is 0 Å². The lowest BCUT2D eigenvalue weighted by atomic mass is 10.3. The van der Waals surface area contributed by atoms with Crippen molar-refractivity contribution in [3.63, 3.8) is 0 Å². The van der Waals surface area contributed by atoms with Gasteiger partial charge in [-0.15, -0.1) is 5.10 Å². The summed E-state index contributed by atoms with van der Waals surface area (Å²) in [7, 11) is 0. The molecule has 1 aliphatic rings. The van der Waals surface area contributed by atoms with Gasteiger partial charge in [-0.1, -0.05) is 0 Å². The van der Waals surface area contributed by atoms with Crippen molar-refractivity contribution in [1.82, 2.24) is 14.3 Å². The molecule has 0 bridgehead atoms. The molecule has 0 radical (unpaired) electrons. The molecule has 140 valence electrons. The molecule has 1 N–H and O–H groups in total. The summed E-state index contributed by atoms with van der Waals surface area (Å²) in [5, 5.41) is 7.09. The predicted molar refractivity (Wildman–Crippen MR) is 98.7 cm³/mol. The Morgan fingerprint density at radius 2 is 2.07 bits per heavy atom. The molecule has 1 saturated carbocycles. The third-order valence-corrected chi connectivity index (χ3v) is 4.27. The van der Waals surface area contributed by atoms with Crippen LogP contribution in [0.15, 0.2) is 51.9 Å². The number of benzene rings is 1. The SMILES string of the molecule is CCOc1ccc(NC(=O)Cn2nc(-c3ccco3)n(C3CC3)c2=O)cc1. The molecule has 0 saturated heterocycles. The van der Waals surface area contributed by atoms with E-state index in [-0.39, 0.29) is 24.2 Å². The highest BCUT2D eigenvalue weighted by Gasteiger charge is 2.31. The Bertz CT molecular complexity index is 982. The molecule has 2 aromatic heterocycles. The first-order valence-corrected chi connectivity index (χ1v) is 8.91. The summed E-state index contributed by atoms with van der Waals surface area (Å²) in [6.45, 7) is 2.32. The lowest BCUT2D eigenvalue weighted by molar-refractivity contribution is -0.117. The van der Waals surface area contributed by atoms with Gasteiger partial charge in [-0.25, -0.2) is 9.48 Å². The zero-order valence-electron chi connectivity index (χ0n) is 14.9. The number of nitrogens with zero attached hydrogens (tertiary/aromatic N) is 3. The zero-order valence-corrected chi connectivity index (χ0v) is 14.9. The van der Waals surface area contributed by atoms with Gasteiger partial charge in [-0.05, 0) is 56.2 Å². The van der Waals surface area contributed by atoms with Crippen LogP contribution in [0.1, 0.15) is 25.8 Å². The van der Waals surface area contributed by atoms with Gasteiger partial charge >= 0.3 is 5.69 Å². The van der Waals surface area contributed by atoms with Crippen LogP contribution < -0.4 is 15.7 Å². The van der Waals surface area contributed by atoms with Crippen molar-refractivity contribution in [3.05, 3.63) is 53.1 Å². The van der Waals surface area contributed by atoms with Gasteiger partial charge in [0.25, 0.3) is 0 Å². The number of amides is 1. The highest BCUT2D eigenvalue weighted by molar-refractivity contribution is 5.90. The maximum Gasteiger partial charge on any atom is 0.347 e. The van der Waals surface area contributed by atoms with Crippen molar-refractivity contribution < 1.29 is 13.9 Å². The van der Waals surface area contributed by atoms with Crippen LogP contribution in [-0.2, 0) is 11.3 Å². The molecular formula is C19H20N4O4. The lowest BCUT2D eigenvalue weighted by Gasteiger charge is -2.06. The third-order valence-electron chi connectivity index (χ3n) is 4.27. The smallest absolute Gasteiger partial charge is 0.347 e. The standard InChI is InChI=1S/C19H20N4O4/c1-2-26-15-9-5-13(6-10-15)20-17(24)12-22-19(25)23(14-7-8-14)18(21-22)16-4-3-11-27-16/h3-6,9-11,14H,2,7-8,12H2,1H3,(H,20,24). The van der Waals surface area contributed by atoms with E-state index in [1.54, 1.807) is 41.0 Å². The molecular weight excluding hydrogens is 348 g/mol. The van der Waals surface area contributed by atoms with Crippen LogP contribution in [0.2, 0.25) is 0 Å². The van der Waals surface area contributed by atoms with Crippen LogP contribution in [0.25, 0.3) is 11.6 Å². The largest absolute Gasteiger partial charge is 0.494 e. The lowest BCUT2D eigenvalue weighted by Crippen LogP contribution is -2.30. The van der Waals surface area contributed by atoms with E-state index >= 15 is 0 Å². The maximum absolute atomic E-state index is 12.7. The number of nitrogens with one attached hydrogen (secondary N) is 1. The summed E-state index contributed by atoms with van der Waals surface area (Å²) in [4.78, 5) is 25.1. The molecule has 8 nitrogen and oxygen atoms in total. The van der Waals surface area contributed by atoms with Crippen molar-refractivity contribution in [2.24, 2.45) is 0 Å². The van der Waals surface area contributed by atoms with E-state index in [4.69, 9.17) is 9.15 Å². The first kappa shape index (κ1) is 17.1. The van der Waals surface area contributed by atoms with Crippen molar-refractivity contribution in [2.45, 2.75) is 32.4 Å². The number of hydrogen-bond donors (Lipinski definition) is 1. The molecule has 27 heavy (non-hydrogen) atoms. The van der Waals surface area contributed by atoms with Crippen LogP contribution in [0.4, 0.5) is 5.69 Å². The fraction of sp³-hybridized carbons (Fsp3) is 0.316. The summed E-state index contributed by atoms with van der Waals surface area (Å²) in [5.41, 5.74) is 0.329. The number of carbonyl (C=O) groups excluding carboxylic acids is 1. The second-order valence-electron chi connectivity index (χ2n) is 6.35. The molecule has 0 aliphatic heterocycles. The molecule has 1 aliphatic carbocycles. The van der Waals surface area contributed by atoms with E-state index < -0.39 is 0 Å². The third kappa shape index (κ3) is 3.64. The first-order valence-electron chi connectivity index (χ1n) is 8.91.